The summed E-state index contributed by atoms with van der Waals surface area (Å²) in [5.41, 5.74) is 0.317. The van der Waals surface area contributed by atoms with Crippen molar-refractivity contribution in [3.05, 3.63) is 42.0 Å². The second-order valence-corrected chi connectivity index (χ2v) is 8.83. The monoisotopic (exact) mass is 443 g/mol. The quantitative estimate of drug-likeness (QED) is 0.729. The maximum atomic E-state index is 13.7. The van der Waals surface area contributed by atoms with Crippen molar-refractivity contribution in [3.8, 4) is 11.6 Å². The van der Waals surface area contributed by atoms with Crippen molar-refractivity contribution in [1.29, 1.82) is 0 Å². The predicted molar refractivity (Wildman–Crippen MR) is 118 cm³/mol. The number of amides is 2. The Labute approximate surface area is 187 Å². The topological polar surface area (TPSA) is 88.6 Å². The van der Waals surface area contributed by atoms with Crippen LogP contribution in [-0.4, -0.2) is 52.2 Å². The van der Waals surface area contributed by atoms with Crippen LogP contribution in [0.25, 0.3) is 0 Å². The van der Waals surface area contributed by atoms with Crippen LogP contribution in [0.4, 0.5) is 15.0 Å². The summed E-state index contributed by atoms with van der Waals surface area (Å²) in [7, 11) is 0. The fourth-order valence-electron chi connectivity index (χ4n) is 4.28. The van der Waals surface area contributed by atoms with Crippen LogP contribution in [0.1, 0.15) is 51.6 Å². The number of nitrogens with one attached hydrogen (secondary N) is 2. The lowest BCUT2D eigenvalue weighted by molar-refractivity contribution is 0.0657. The normalized spacial score (nSPS) is 20.1. The second-order valence-electron chi connectivity index (χ2n) is 8.83. The zero-order chi connectivity index (χ0) is 22.7. The van der Waals surface area contributed by atoms with E-state index < -0.39 is 5.60 Å². The van der Waals surface area contributed by atoms with Gasteiger partial charge in [-0.1, -0.05) is 6.07 Å². The van der Waals surface area contributed by atoms with Gasteiger partial charge in [-0.05, 0) is 39.7 Å². The summed E-state index contributed by atoms with van der Waals surface area (Å²) in [4.78, 5) is 23.1. The third kappa shape index (κ3) is 5.20. The molecule has 1 fully saturated rings. The Bertz CT molecular complexity index is 962. The molecule has 2 aliphatic rings. The van der Waals surface area contributed by atoms with E-state index in [1.54, 1.807) is 12.1 Å². The van der Waals surface area contributed by atoms with Gasteiger partial charge in [0.15, 0.2) is 0 Å². The first kappa shape index (κ1) is 22.1. The number of halogens is 1. The lowest BCUT2D eigenvalue weighted by Gasteiger charge is -2.39. The SMILES string of the molecule is CCOc1cc(NC2CCN(C(=O)N[C@H]3CC(C)(C)Oc4cc(F)ccc43)CC2)ncn1. The summed E-state index contributed by atoms with van der Waals surface area (Å²) in [6.07, 6.45) is 3.71. The van der Waals surface area contributed by atoms with Gasteiger partial charge in [0.25, 0.3) is 0 Å². The van der Waals surface area contributed by atoms with Crippen LogP contribution in [0.5, 0.6) is 11.6 Å². The average Bonchev–Trinajstić information content (AvgIpc) is 2.73. The Morgan fingerprint density at radius 2 is 2.06 bits per heavy atom. The zero-order valence-corrected chi connectivity index (χ0v) is 18.7. The number of piperidine rings is 1. The van der Waals surface area contributed by atoms with E-state index in [0.29, 0.717) is 37.7 Å². The van der Waals surface area contributed by atoms with Gasteiger partial charge >= 0.3 is 6.03 Å². The smallest absolute Gasteiger partial charge is 0.317 e. The molecule has 2 aromatic rings. The van der Waals surface area contributed by atoms with Crippen molar-refractivity contribution in [2.45, 2.75) is 57.7 Å². The molecule has 0 aliphatic carbocycles. The molecule has 0 radical (unpaired) electrons. The molecule has 4 rings (SSSR count). The predicted octanol–water partition coefficient (Wildman–Crippen LogP) is 3.90. The van der Waals surface area contributed by atoms with Crippen LogP contribution in [0.15, 0.2) is 30.6 Å². The molecule has 32 heavy (non-hydrogen) atoms. The Kier molecular flexibility index (Phi) is 6.34. The number of aromatic nitrogens is 2. The minimum Gasteiger partial charge on any atom is -0.487 e. The fourth-order valence-corrected chi connectivity index (χ4v) is 4.28. The van der Waals surface area contributed by atoms with Crippen LogP contribution < -0.4 is 20.1 Å². The first-order valence-corrected chi connectivity index (χ1v) is 11.1. The van der Waals surface area contributed by atoms with Crippen molar-refractivity contribution in [2.24, 2.45) is 0 Å². The standard InChI is InChI=1S/C23H30FN5O3/c1-4-31-21-12-20(25-14-26-21)27-16-7-9-29(10-8-16)22(30)28-18-13-23(2,3)32-19-11-15(24)5-6-17(18)19/h5-6,11-12,14,16,18H,4,7-10,13H2,1-3H3,(H,28,30)(H,25,26,27)/t18-/m0/s1. The molecule has 2 N–H and O–H groups in total. The van der Waals surface area contributed by atoms with E-state index in [9.17, 15) is 9.18 Å². The maximum absolute atomic E-state index is 13.7. The molecule has 1 aromatic carbocycles. The van der Waals surface area contributed by atoms with E-state index in [4.69, 9.17) is 9.47 Å². The highest BCUT2D eigenvalue weighted by molar-refractivity contribution is 5.75. The summed E-state index contributed by atoms with van der Waals surface area (Å²) in [6.45, 7) is 7.62. The molecular formula is C23H30FN5O3. The maximum Gasteiger partial charge on any atom is 0.317 e. The highest BCUT2D eigenvalue weighted by Crippen LogP contribution is 2.39. The molecule has 1 aromatic heterocycles. The molecule has 9 heteroatoms. The Morgan fingerprint density at radius 1 is 1.28 bits per heavy atom. The van der Waals surface area contributed by atoms with Crippen molar-refractivity contribution in [3.63, 3.8) is 0 Å². The van der Waals surface area contributed by atoms with Crippen molar-refractivity contribution < 1.29 is 18.7 Å². The van der Waals surface area contributed by atoms with Gasteiger partial charge < -0.3 is 25.0 Å². The van der Waals surface area contributed by atoms with Gasteiger partial charge in [0.2, 0.25) is 5.88 Å². The molecule has 2 aliphatic heterocycles. The molecule has 0 bridgehead atoms. The molecule has 1 atom stereocenters. The number of urea groups is 1. The van der Waals surface area contributed by atoms with Crippen molar-refractivity contribution in [2.75, 3.05) is 25.0 Å². The molecule has 3 heterocycles. The molecule has 8 nitrogen and oxygen atoms in total. The van der Waals surface area contributed by atoms with Crippen molar-refractivity contribution >= 4 is 11.8 Å². The molecule has 0 unspecified atom stereocenters. The van der Waals surface area contributed by atoms with Crippen LogP contribution >= 0.6 is 0 Å². The van der Waals surface area contributed by atoms with Crippen molar-refractivity contribution in [1.82, 2.24) is 20.2 Å². The van der Waals surface area contributed by atoms with Gasteiger partial charge in [0, 0.05) is 43.2 Å². The summed E-state index contributed by atoms with van der Waals surface area (Å²) in [5.74, 6) is 1.41. The fraction of sp³-hybridized carbons (Fsp3) is 0.522. The second kappa shape index (κ2) is 9.18. The number of hydrogen-bond acceptors (Lipinski definition) is 6. The molecule has 172 valence electrons. The van der Waals surface area contributed by atoms with E-state index in [0.717, 1.165) is 24.2 Å². The van der Waals surface area contributed by atoms with Crippen LogP contribution in [0.3, 0.4) is 0 Å². The van der Waals surface area contributed by atoms with Crippen LogP contribution in [0, 0.1) is 5.82 Å². The minimum atomic E-state index is -0.493. The first-order valence-electron chi connectivity index (χ1n) is 11.1. The number of carbonyl (C=O) groups excluding carboxylic acids is 1. The van der Waals surface area contributed by atoms with Gasteiger partial charge in [0.05, 0.1) is 12.6 Å². The van der Waals surface area contributed by atoms with Gasteiger partial charge in [-0.3, -0.25) is 0 Å². The largest absolute Gasteiger partial charge is 0.487 e. The zero-order valence-electron chi connectivity index (χ0n) is 18.7. The molecule has 2 amide bonds. The average molecular weight is 444 g/mol. The van der Waals surface area contributed by atoms with E-state index in [-0.39, 0.29) is 23.9 Å². The first-order chi connectivity index (χ1) is 15.3. The lowest BCUT2D eigenvalue weighted by Crippen LogP contribution is -2.49. The van der Waals surface area contributed by atoms with Crippen LogP contribution in [-0.2, 0) is 0 Å². The summed E-state index contributed by atoms with van der Waals surface area (Å²) in [6, 6.07) is 6.15. The molecule has 0 spiro atoms. The highest BCUT2D eigenvalue weighted by atomic mass is 19.1. The Balaban J connectivity index is 1.34. The number of hydrogen-bond donors (Lipinski definition) is 2. The van der Waals surface area contributed by atoms with Crippen LogP contribution in [0.2, 0.25) is 0 Å². The summed E-state index contributed by atoms with van der Waals surface area (Å²) < 4.78 is 25.0. The number of rotatable bonds is 5. The molecule has 1 saturated heterocycles. The number of fused-ring (bicyclic) bond motifs is 1. The Morgan fingerprint density at radius 3 is 2.81 bits per heavy atom. The lowest BCUT2D eigenvalue weighted by atomic mass is 9.89. The van der Waals surface area contributed by atoms with E-state index in [1.165, 1.54) is 18.5 Å². The number of nitrogens with zero attached hydrogens (tertiary/aromatic N) is 3. The summed E-state index contributed by atoms with van der Waals surface area (Å²) in [5, 5.41) is 6.54. The van der Waals surface area contributed by atoms with Gasteiger partial charge in [-0.25, -0.2) is 19.2 Å². The number of benzene rings is 1. The minimum absolute atomic E-state index is 0.109. The highest BCUT2D eigenvalue weighted by Gasteiger charge is 2.36. The number of likely N-dealkylation sites (tertiary alicyclic amines) is 1. The number of carbonyl (C=O) groups is 1. The Hall–Kier alpha value is -3.10. The number of anilines is 1. The third-order valence-corrected chi connectivity index (χ3v) is 5.80. The summed E-state index contributed by atoms with van der Waals surface area (Å²) >= 11 is 0. The molecular weight excluding hydrogens is 413 g/mol. The third-order valence-electron chi connectivity index (χ3n) is 5.80. The number of ether oxygens (including phenoxy) is 2. The van der Waals surface area contributed by atoms with Gasteiger partial charge in [0.1, 0.15) is 29.3 Å². The van der Waals surface area contributed by atoms with Gasteiger partial charge in [-0.15, -0.1) is 0 Å². The van der Waals surface area contributed by atoms with E-state index in [2.05, 4.69) is 20.6 Å². The molecule has 0 saturated carbocycles. The van der Waals surface area contributed by atoms with E-state index >= 15 is 0 Å². The van der Waals surface area contributed by atoms with E-state index in [1.807, 2.05) is 25.7 Å². The van der Waals surface area contributed by atoms with Gasteiger partial charge in [-0.2, -0.15) is 0 Å².